The molecule has 80 valence electrons. The highest BCUT2D eigenvalue weighted by molar-refractivity contribution is 5.82. The van der Waals surface area contributed by atoms with Crippen molar-refractivity contribution < 1.29 is 9.90 Å². The van der Waals surface area contributed by atoms with E-state index in [1.165, 1.54) is 12.8 Å². The molecular weight excluding hydrogens is 180 g/mol. The Bertz CT molecular complexity index is 228. The fraction of sp³-hybridized carbons (Fsp3) is 0.900. The summed E-state index contributed by atoms with van der Waals surface area (Å²) in [7, 11) is 0. The SMILES string of the molecule is CC1CCNC(=O)C(CO)N1C1CC1. The summed E-state index contributed by atoms with van der Waals surface area (Å²) in [6, 6.07) is 0.615. The van der Waals surface area contributed by atoms with Crippen LogP contribution in [0.1, 0.15) is 26.2 Å². The number of carbonyl (C=O) groups excluding carboxylic acids is 1. The maximum Gasteiger partial charge on any atom is 0.239 e. The van der Waals surface area contributed by atoms with Gasteiger partial charge in [-0.15, -0.1) is 0 Å². The zero-order valence-electron chi connectivity index (χ0n) is 8.57. The van der Waals surface area contributed by atoms with E-state index >= 15 is 0 Å². The van der Waals surface area contributed by atoms with E-state index in [-0.39, 0.29) is 18.6 Å². The van der Waals surface area contributed by atoms with Crippen LogP contribution < -0.4 is 5.32 Å². The molecule has 4 nitrogen and oxygen atoms in total. The molecule has 1 saturated heterocycles. The molecule has 0 aromatic rings. The Hall–Kier alpha value is -0.610. The average Bonchev–Trinajstić information content (AvgIpc) is 2.95. The maximum atomic E-state index is 11.6. The van der Waals surface area contributed by atoms with Gasteiger partial charge in [0, 0.05) is 18.6 Å². The lowest BCUT2D eigenvalue weighted by Gasteiger charge is -2.31. The molecule has 2 aliphatic rings. The summed E-state index contributed by atoms with van der Waals surface area (Å²) >= 11 is 0. The molecule has 1 aliphatic carbocycles. The van der Waals surface area contributed by atoms with Gasteiger partial charge >= 0.3 is 0 Å². The molecule has 0 aromatic heterocycles. The van der Waals surface area contributed by atoms with E-state index in [0.717, 1.165) is 13.0 Å². The van der Waals surface area contributed by atoms with Crippen molar-refractivity contribution in [3.05, 3.63) is 0 Å². The number of carbonyl (C=O) groups is 1. The van der Waals surface area contributed by atoms with Gasteiger partial charge in [0.15, 0.2) is 0 Å². The van der Waals surface area contributed by atoms with Crippen LogP contribution in [0.5, 0.6) is 0 Å². The zero-order valence-corrected chi connectivity index (χ0v) is 8.57. The van der Waals surface area contributed by atoms with Crippen LogP contribution in [-0.4, -0.2) is 47.2 Å². The standard InChI is InChI=1S/C10H18N2O2/c1-7-4-5-11-10(14)9(6-13)12(7)8-2-3-8/h7-9,13H,2-6H2,1H3,(H,11,14). The minimum Gasteiger partial charge on any atom is -0.394 e. The highest BCUT2D eigenvalue weighted by Gasteiger charge is 2.40. The van der Waals surface area contributed by atoms with Crippen molar-refractivity contribution in [3.63, 3.8) is 0 Å². The molecule has 2 fully saturated rings. The van der Waals surface area contributed by atoms with E-state index in [0.29, 0.717) is 12.1 Å². The third-order valence-corrected chi connectivity index (χ3v) is 3.17. The predicted octanol–water partition coefficient (Wildman–Crippen LogP) is -0.280. The quantitative estimate of drug-likeness (QED) is 0.641. The van der Waals surface area contributed by atoms with Crippen LogP contribution in [0, 0.1) is 0 Å². The molecule has 2 unspecified atom stereocenters. The molecule has 2 atom stereocenters. The summed E-state index contributed by atoms with van der Waals surface area (Å²) in [4.78, 5) is 13.8. The second-order valence-corrected chi connectivity index (χ2v) is 4.31. The molecule has 2 N–H and O–H groups in total. The molecule has 1 amide bonds. The molecule has 1 aliphatic heterocycles. The average molecular weight is 198 g/mol. The minimum atomic E-state index is -0.319. The van der Waals surface area contributed by atoms with Gasteiger partial charge in [0.05, 0.1) is 6.61 Å². The predicted molar refractivity (Wildman–Crippen MR) is 52.8 cm³/mol. The van der Waals surface area contributed by atoms with Gasteiger partial charge in [-0.3, -0.25) is 9.69 Å². The largest absolute Gasteiger partial charge is 0.394 e. The highest BCUT2D eigenvalue weighted by atomic mass is 16.3. The number of aliphatic hydroxyl groups is 1. The zero-order chi connectivity index (χ0) is 10.1. The van der Waals surface area contributed by atoms with Crippen LogP contribution in [0.3, 0.4) is 0 Å². The Balaban J connectivity index is 2.14. The first kappa shape index (κ1) is 9.93. The van der Waals surface area contributed by atoms with E-state index in [4.69, 9.17) is 0 Å². The Kier molecular flexibility index (Phi) is 2.74. The fourth-order valence-corrected chi connectivity index (χ4v) is 2.28. The van der Waals surface area contributed by atoms with Crippen LogP contribution in [0.15, 0.2) is 0 Å². The molecule has 0 radical (unpaired) electrons. The summed E-state index contributed by atoms with van der Waals surface area (Å²) in [6.45, 7) is 2.81. The lowest BCUT2D eigenvalue weighted by Crippen LogP contribution is -2.50. The van der Waals surface area contributed by atoms with Gasteiger partial charge < -0.3 is 10.4 Å². The third-order valence-electron chi connectivity index (χ3n) is 3.17. The number of rotatable bonds is 2. The Morgan fingerprint density at radius 3 is 2.79 bits per heavy atom. The maximum absolute atomic E-state index is 11.6. The first-order valence-corrected chi connectivity index (χ1v) is 5.40. The number of hydrogen-bond donors (Lipinski definition) is 2. The number of nitrogens with one attached hydrogen (secondary N) is 1. The summed E-state index contributed by atoms with van der Waals surface area (Å²) in [6.07, 6.45) is 3.33. The van der Waals surface area contributed by atoms with E-state index < -0.39 is 0 Å². The van der Waals surface area contributed by atoms with Crippen LogP contribution in [0.4, 0.5) is 0 Å². The van der Waals surface area contributed by atoms with Crippen LogP contribution in [0.25, 0.3) is 0 Å². The van der Waals surface area contributed by atoms with E-state index in [9.17, 15) is 9.90 Å². The normalized spacial score (nSPS) is 35.1. The highest BCUT2D eigenvalue weighted by Crippen LogP contribution is 2.32. The molecule has 14 heavy (non-hydrogen) atoms. The number of nitrogens with zero attached hydrogens (tertiary/aromatic N) is 1. The molecule has 0 aromatic carbocycles. The molecule has 1 heterocycles. The number of aliphatic hydroxyl groups excluding tert-OH is 1. The van der Waals surface area contributed by atoms with Crippen LogP contribution in [-0.2, 0) is 4.79 Å². The first-order chi connectivity index (χ1) is 6.74. The summed E-state index contributed by atoms with van der Waals surface area (Å²) in [5.41, 5.74) is 0. The van der Waals surface area contributed by atoms with Crippen molar-refractivity contribution in [2.75, 3.05) is 13.2 Å². The number of hydrogen-bond acceptors (Lipinski definition) is 3. The molecular formula is C10H18N2O2. The monoisotopic (exact) mass is 198 g/mol. The summed E-state index contributed by atoms with van der Waals surface area (Å²) in [5.74, 6) is -0.0104. The van der Waals surface area contributed by atoms with Gasteiger partial charge in [0.2, 0.25) is 5.91 Å². The molecule has 0 bridgehead atoms. The van der Waals surface area contributed by atoms with Gasteiger partial charge in [0.25, 0.3) is 0 Å². The Morgan fingerprint density at radius 2 is 2.21 bits per heavy atom. The van der Waals surface area contributed by atoms with Gasteiger partial charge in [0.1, 0.15) is 6.04 Å². The van der Waals surface area contributed by atoms with Gasteiger partial charge in [-0.2, -0.15) is 0 Å². The van der Waals surface area contributed by atoms with Crippen LogP contribution >= 0.6 is 0 Å². The number of amides is 1. The van der Waals surface area contributed by atoms with Crippen molar-refractivity contribution in [1.29, 1.82) is 0 Å². The lowest BCUT2D eigenvalue weighted by molar-refractivity contribution is -0.127. The van der Waals surface area contributed by atoms with Crippen molar-refractivity contribution in [2.45, 2.75) is 44.3 Å². The van der Waals surface area contributed by atoms with Crippen LogP contribution in [0.2, 0.25) is 0 Å². The van der Waals surface area contributed by atoms with Crippen molar-refractivity contribution in [3.8, 4) is 0 Å². The van der Waals surface area contributed by atoms with E-state index in [2.05, 4.69) is 17.1 Å². The molecule has 1 saturated carbocycles. The Labute approximate surface area is 84.3 Å². The summed E-state index contributed by atoms with van der Waals surface area (Å²) < 4.78 is 0. The lowest BCUT2D eigenvalue weighted by atomic mass is 10.1. The van der Waals surface area contributed by atoms with Gasteiger partial charge in [-0.1, -0.05) is 0 Å². The van der Waals surface area contributed by atoms with Crippen molar-refractivity contribution in [2.24, 2.45) is 0 Å². The van der Waals surface area contributed by atoms with E-state index in [1.807, 2.05) is 0 Å². The van der Waals surface area contributed by atoms with Crippen molar-refractivity contribution >= 4 is 5.91 Å². The minimum absolute atomic E-state index is 0.0104. The second-order valence-electron chi connectivity index (χ2n) is 4.31. The third kappa shape index (κ3) is 1.77. The smallest absolute Gasteiger partial charge is 0.239 e. The second kappa shape index (κ2) is 3.87. The Morgan fingerprint density at radius 1 is 1.50 bits per heavy atom. The topological polar surface area (TPSA) is 52.6 Å². The van der Waals surface area contributed by atoms with E-state index in [1.54, 1.807) is 0 Å². The first-order valence-electron chi connectivity index (χ1n) is 5.40. The van der Waals surface area contributed by atoms with Gasteiger partial charge in [-0.25, -0.2) is 0 Å². The molecule has 2 rings (SSSR count). The summed E-state index contributed by atoms with van der Waals surface area (Å²) in [5, 5.41) is 12.1. The van der Waals surface area contributed by atoms with Gasteiger partial charge in [-0.05, 0) is 26.2 Å². The fourth-order valence-electron chi connectivity index (χ4n) is 2.28. The molecule has 4 heteroatoms. The van der Waals surface area contributed by atoms with Crippen molar-refractivity contribution in [1.82, 2.24) is 10.2 Å². The molecule has 0 spiro atoms.